The number of ether oxygens (including phenoxy) is 1. The quantitative estimate of drug-likeness (QED) is 0.827. The van der Waals surface area contributed by atoms with Crippen molar-refractivity contribution in [3.63, 3.8) is 0 Å². The molecule has 0 aliphatic rings. The fraction of sp³-hybridized carbons (Fsp3) is 0.538. The van der Waals surface area contributed by atoms with Gasteiger partial charge < -0.3 is 9.84 Å². The van der Waals surface area contributed by atoms with Crippen LogP contribution >= 0.6 is 0 Å². The maximum Gasteiger partial charge on any atom is 0.124 e. The lowest BCUT2D eigenvalue weighted by Crippen LogP contribution is -2.20. The summed E-state index contributed by atoms with van der Waals surface area (Å²) in [5.74, 6) is 0.908. The minimum atomic E-state index is -0.748. The molecule has 2 nitrogen and oxygen atoms in total. The van der Waals surface area contributed by atoms with E-state index in [4.69, 9.17) is 4.74 Å². The lowest BCUT2D eigenvalue weighted by Gasteiger charge is -2.24. The molecule has 15 heavy (non-hydrogen) atoms. The van der Waals surface area contributed by atoms with Gasteiger partial charge in [0.1, 0.15) is 5.75 Å². The standard InChI is InChI=1S/C13H20O2/c1-6-13(4,14)11-7-9(2)12(15-5)10(3)8-11/h7-8,14H,6H2,1-5H3/t13-/m0/s1. The summed E-state index contributed by atoms with van der Waals surface area (Å²) in [4.78, 5) is 0. The largest absolute Gasteiger partial charge is 0.496 e. The number of hydrogen-bond acceptors (Lipinski definition) is 2. The summed E-state index contributed by atoms with van der Waals surface area (Å²) < 4.78 is 5.30. The van der Waals surface area contributed by atoms with E-state index >= 15 is 0 Å². The first-order chi connectivity index (χ1) is 6.92. The Hall–Kier alpha value is -1.02. The van der Waals surface area contributed by atoms with Gasteiger partial charge in [0, 0.05) is 0 Å². The Bertz CT molecular complexity index is 331. The number of hydrogen-bond donors (Lipinski definition) is 1. The van der Waals surface area contributed by atoms with E-state index in [1.54, 1.807) is 7.11 Å². The third kappa shape index (κ3) is 2.32. The number of benzene rings is 1. The highest BCUT2D eigenvalue weighted by Gasteiger charge is 2.22. The van der Waals surface area contributed by atoms with Crippen molar-refractivity contribution in [2.75, 3.05) is 7.11 Å². The van der Waals surface area contributed by atoms with Crippen LogP contribution in [0.15, 0.2) is 12.1 Å². The van der Waals surface area contributed by atoms with E-state index in [0.29, 0.717) is 6.42 Å². The summed E-state index contributed by atoms with van der Waals surface area (Å²) in [5, 5.41) is 10.2. The monoisotopic (exact) mass is 208 g/mol. The second-order valence-electron chi connectivity index (χ2n) is 4.27. The summed E-state index contributed by atoms with van der Waals surface area (Å²) in [6.07, 6.45) is 0.707. The first-order valence-electron chi connectivity index (χ1n) is 5.30. The fourth-order valence-corrected chi connectivity index (χ4v) is 1.79. The molecular formula is C13H20O2. The van der Waals surface area contributed by atoms with Gasteiger partial charge in [0.05, 0.1) is 12.7 Å². The van der Waals surface area contributed by atoms with Crippen LogP contribution in [0.3, 0.4) is 0 Å². The lowest BCUT2D eigenvalue weighted by molar-refractivity contribution is 0.0529. The van der Waals surface area contributed by atoms with Crippen LogP contribution in [-0.2, 0) is 5.60 Å². The fourth-order valence-electron chi connectivity index (χ4n) is 1.79. The molecule has 84 valence electrons. The highest BCUT2D eigenvalue weighted by atomic mass is 16.5. The van der Waals surface area contributed by atoms with Gasteiger partial charge >= 0.3 is 0 Å². The Morgan fingerprint density at radius 1 is 1.27 bits per heavy atom. The molecule has 0 spiro atoms. The molecule has 1 atom stereocenters. The minimum Gasteiger partial charge on any atom is -0.496 e. The number of aliphatic hydroxyl groups is 1. The third-order valence-corrected chi connectivity index (χ3v) is 2.97. The summed E-state index contributed by atoms with van der Waals surface area (Å²) >= 11 is 0. The topological polar surface area (TPSA) is 29.5 Å². The maximum atomic E-state index is 10.2. The zero-order valence-corrected chi connectivity index (χ0v) is 10.2. The highest BCUT2D eigenvalue weighted by molar-refractivity contribution is 5.44. The van der Waals surface area contributed by atoms with Crippen molar-refractivity contribution in [2.24, 2.45) is 0 Å². The first kappa shape index (κ1) is 12.1. The van der Waals surface area contributed by atoms with Crippen molar-refractivity contribution in [1.82, 2.24) is 0 Å². The Morgan fingerprint density at radius 2 is 1.73 bits per heavy atom. The van der Waals surface area contributed by atoms with Crippen LogP contribution in [0, 0.1) is 13.8 Å². The van der Waals surface area contributed by atoms with Gasteiger partial charge in [-0.15, -0.1) is 0 Å². The predicted molar refractivity (Wildman–Crippen MR) is 62.3 cm³/mol. The molecule has 0 unspecified atom stereocenters. The molecule has 1 aromatic carbocycles. The number of methoxy groups -OCH3 is 1. The SMILES string of the molecule is CC[C@](C)(O)c1cc(C)c(OC)c(C)c1. The minimum absolute atomic E-state index is 0.707. The molecule has 0 fully saturated rings. The number of aryl methyl sites for hydroxylation is 2. The molecular weight excluding hydrogens is 188 g/mol. The van der Waals surface area contributed by atoms with E-state index in [-0.39, 0.29) is 0 Å². The lowest BCUT2D eigenvalue weighted by atomic mass is 9.90. The van der Waals surface area contributed by atoms with Crippen LogP contribution < -0.4 is 4.74 Å². The Morgan fingerprint density at radius 3 is 2.07 bits per heavy atom. The van der Waals surface area contributed by atoms with E-state index in [9.17, 15) is 5.11 Å². The average Bonchev–Trinajstić information content (AvgIpc) is 2.17. The van der Waals surface area contributed by atoms with Gasteiger partial charge in [-0.3, -0.25) is 0 Å². The smallest absolute Gasteiger partial charge is 0.124 e. The van der Waals surface area contributed by atoms with Crippen molar-refractivity contribution in [3.8, 4) is 5.75 Å². The van der Waals surface area contributed by atoms with Crippen molar-refractivity contribution >= 4 is 0 Å². The van der Waals surface area contributed by atoms with Crippen molar-refractivity contribution < 1.29 is 9.84 Å². The van der Waals surface area contributed by atoms with Gasteiger partial charge in [-0.1, -0.05) is 6.92 Å². The molecule has 0 heterocycles. The van der Waals surface area contributed by atoms with Gasteiger partial charge in [-0.2, -0.15) is 0 Å². The van der Waals surface area contributed by atoms with Crippen molar-refractivity contribution in [2.45, 2.75) is 39.7 Å². The first-order valence-corrected chi connectivity index (χ1v) is 5.30. The molecule has 0 aromatic heterocycles. The molecule has 0 bridgehead atoms. The number of rotatable bonds is 3. The summed E-state index contributed by atoms with van der Waals surface area (Å²) in [6.45, 7) is 7.82. The molecule has 0 aliphatic heterocycles. The van der Waals surface area contributed by atoms with Crippen LogP contribution in [0.2, 0.25) is 0 Å². The zero-order chi connectivity index (χ0) is 11.6. The van der Waals surface area contributed by atoms with Crippen LogP contribution in [0.4, 0.5) is 0 Å². The zero-order valence-electron chi connectivity index (χ0n) is 10.2. The van der Waals surface area contributed by atoms with Gasteiger partial charge in [-0.25, -0.2) is 0 Å². The van der Waals surface area contributed by atoms with Gasteiger partial charge in [0.15, 0.2) is 0 Å². The van der Waals surface area contributed by atoms with Gasteiger partial charge in [0.25, 0.3) is 0 Å². The molecule has 1 N–H and O–H groups in total. The predicted octanol–water partition coefficient (Wildman–Crippen LogP) is 2.93. The van der Waals surface area contributed by atoms with E-state index in [0.717, 1.165) is 22.4 Å². The Labute approximate surface area is 91.9 Å². The molecule has 0 aliphatic carbocycles. The van der Waals surface area contributed by atoms with Crippen molar-refractivity contribution in [1.29, 1.82) is 0 Å². The molecule has 2 heteroatoms. The molecule has 0 saturated heterocycles. The summed E-state index contributed by atoms with van der Waals surface area (Å²) in [5.41, 5.74) is 2.35. The molecule has 1 aromatic rings. The molecule has 0 radical (unpaired) electrons. The summed E-state index contributed by atoms with van der Waals surface area (Å²) in [7, 11) is 1.67. The van der Waals surface area contributed by atoms with Gasteiger partial charge in [0.2, 0.25) is 0 Å². The van der Waals surface area contributed by atoms with Crippen LogP contribution in [0.1, 0.15) is 37.0 Å². The third-order valence-electron chi connectivity index (χ3n) is 2.97. The Balaban J connectivity index is 3.26. The summed E-state index contributed by atoms with van der Waals surface area (Å²) in [6, 6.07) is 3.99. The van der Waals surface area contributed by atoms with E-state index in [1.165, 1.54) is 0 Å². The average molecular weight is 208 g/mol. The Kier molecular flexibility index (Phi) is 3.40. The van der Waals surface area contributed by atoms with Crippen molar-refractivity contribution in [3.05, 3.63) is 28.8 Å². The highest BCUT2D eigenvalue weighted by Crippen LogP contribution is 2.31. The molecule has 0 saturated carbocycles. The second-order valence-corrected chi connectivity index (χ2v) is 4.27. The van der Waals surface area contributed by atoms with Gasteiger partial charge in [-0.05, 0) is 56.0 Å². The molecule has 0 amide bonds. The van der Waals surface area contributed by atoms with E-state index in [2.05, 4.69) is 0 Å². The molecule has 1 rings (SSSR count). The normalized spacial score (nSPS) is 14.8. The van der Waals surface area contributed by atoms with E-state index in [1.807, 2.05) is 39.8 Å². The van der Waals surface area contributed by atoms with Crippen LogP contribution in [0.25, 0.3) is 0 Å². The van der Waals surface area contributed by atoms with Crippen LogP contribution in [-0.4, -0.2) is 12.2 Å². The van der Waals surface area contributed by atoms with Crippen LogP contribution in [0.5, 0.6) is 5.75 Å². The van der Waals surface area contributed by atoms with E-state index < -0.39 is 5.60 Å². The second kappa shape index (κ2) is 4.23. The maximum absolute atomic E-state index is 10.2.